The van der Waals surface area contributed by atoms with E-state index in [2.05, 4.69) is 25.5 Å². The first-order valence-electron chi connectivity index (χ1n) is 7.76. The van der Waals surface area contributed by atoms with Gasteiger partial charge in [-0.15, -0.1) is 0 Å². The van der Waals surface area contributed by atoms with Gasteiger partial charge in [0.05, 0.1) is 7.11 Å². The number of nitrogens with zero attached hydrogens (tertiary/aromatic N) is 3. The lowest BCUT2D eigenvalue weighted by Gasteiger charge is -2.18. The molecule has 128 valence electrons. The molecule has 7 nitrogen and oxygen atoms in total. The second-order valence-electron chi connectivity index (χ2n) is 5.66. The molecular formula is C16H21FN6O. The van der Waals surface area contributed by atoms with Crippen molar-refractivity contribution in [1.29, 1.82) is 0 Å². The van der Waals surface area contributed by atoms with Crippen molar-refractivity contribution in [2.24, 2.45) is 0 Å². The number of aromatic nitrogens is 2. The summed E-state index contributed by atoms with van der Waals surface area (Å²) in [5.74, 6) is 1.27. The molecule has 24 heavy (non-hydrogen) atoms. The molecule has 0 amide bonds. The van der Waals surface area contributed by atoms with Gasteiger partial charge in [0, 0.05) is 37.0 Å². The maximum Gasteiger partial charge on any atom is 0.223 e. The quantitative estimate of drug-likeness (QED) is 0.769. The lowest BCUT2D eigenvalue weighted by Crippen LogP contribution is -2.30. The molecule has 1 aromatic heterocycles. The Bertz CT molecular complexity index is 726. The fourth-order valence-corrected chi connectivity index (χ4v) is 2.77. The van der Waals surface area contributed by atoms with Crippen molar-refractivity contribution in [2.45, 2.75) is 12.5 Å². The van der Waals surface area contributed by atoms with Gasteiger partial charge in [0.25, 0.3) is 0 Å². The van der Waals surface area contributed by atoms with E-state index < -0.39 is 5.82 Å². The predicted molar refractivity (Wildman–Crippen MR) is 92.4 cm³/mol. The van der Waals surface area contributed by atoms with E-state index in [1.807, 2.05) is 13.1 Å². The van der Waals surface area contributed by atoms with Crippen LogP contribution in [-0.4, -0.2) is 43.3 Å². The Hall–Kier alpha value is -2.61. The van der Waals surface area contributed by atoms with Crippen molar-refractivity contribution in [3.8, 4) is 5.75 Å². The van der Waals surface area contributed by atoms with Crippen LogP contribution in [0.2, 0.25) is 0 Å². The number of benzene rings is 1. The third kappa shape index (κ3) is 3.48. The molecule has 8 heteroatoms. The van der Waals surface area contributed by atoms with E-state index in [0.717, 1.165) is 25.3 Å². The van der Waals surface area contributed by atoms with E-state index in [1.54, 1.807) is 12.1 Å². The number of nitrogens with one attached hydrogen (secondary N) is 2. The van der Waals surface area contributed by atoms with Crippen LogP contribution in [0, 0.1) is 5.82 Å². The van der Waals surface area contributed by atoms with Crippen LogP contribution < -0.4 is 26.0 Å². The molecule has 0 saturated carbocycles. The minimum absolute atomic E-state index is 0.165. The summed E-state index contributed by atoms with van der Waals surface area (Å²) in [4.78, 5) is 10.7. The minimum Gasteiger partial charge on any atom is -0.494 e. The standard InChI is InChI=1S/C16H21FN6O/c1-19-11-5-6-23(9-11)15-8-14(21-16(18)22-15)20-10-3-4-12(17)13(7-10)24-2/h3-4,7-8,11,19H,5-6,9H2,1-2H3,(H3,18,20,21,22)/t11-/m1/s1. The molecule has 0 aliphatic carbocycles. The number of ether oxygens (including phenoxy) is 1. The topological polar surface area (TPSA) is 88.3 Å². The van der Waals surface area contributed by atoms with Crippen molar-refractivity contribution in [3.05, 3.63) is 30.1 Å². The molecule has 1 atom stereocenters. The average Bonchev–Trinajstić information content (AvgIpc) is 3.05. The number of methoxy groups -OCH3 is 1. The van der Waals surface area contributed by atoms with Gasteiger partial charge in [-0.05, 0) is 25.6 Å². The fourth-order valence-electron chi connectivity index (χ4n) is 2.77. The Morgan fingerprint density at radius 2 is 2.17 bits per heavy atom. The van der Waals surface area contributed by atoms with Gasteiger partial charge >= 0.3 is 0 Å². The largest absolute Gasteiger partial charge is 0.494 e. The predicted octanol–water partition coefficient (Wildman–Crippen LogP) is 1.75. The van der Waals surface area contributed by atoms with Gasteiger partial charge in [-0.1, -0.05) is 0 Å². The number of nitrogen functional groups attached to an aromatic ring is 1. The molecule has 2 aromatic rings. The van der Waals surface area contributed by atoms with Gasteiger partial charge in [-0.25, -0.2) is 4.39 Å². The maximum atomic E-state index is 13.5. The van der Waals surface area contributed by atoms with Crippen molar-refractivity contribution >= 4 is 23.3 Å². The summed E-state index contributed by atoms with van der Waals surface area (Å²) >= 11 is 0. The second-order valence-corrected chi connectivity index (χ2v) is 5.66. The molecule has 0 bridgehead atoms. The number of rotatable bonds is 5. The second kappa shape index (κ2) is 6.88. The summed E-state index contributed by atoms with van der Waals surface area (Å²) in [6.45, 7) is 1.78. The van der Waals surface area contributed by atoms with E-state index in [4.69, 9.17) is 10.5 Å². The minimum atomic E-state index is -0.416. The average molecular weight is 332 g/mol. The van der Waals surface area contributed by atoms with Crippen LogP contribution in [0.3, 0.4) is 0 Å². The molecule has 0 spiro atoms. The van der Waals surface area contributed by atoms with Gasteiger partial charge < -0.3 is 26.0 Å². The molecule has 1 aliphatic heterocycles. The molecule has 4 N–H and O–H groups in total. The number of anilines is 4. The summed E-state index contributed by atoms with van der Waals surface area (Å²) in [7, 11) is 3.38. The molecule has 1 aromatic carbocycles. The highest BCUT2D eigenvalue weighted by molar-refractivity contribution is 5.62. The number of nitrogens with two attached hydrogens (primary N) is 1. The summed E-state index contributed by atoms with van der Waals surface area (Å²) in [5.41, 5.74) is 6.50. The van der Waals surface area contributed by atoms with Gasteiger partial charge in [-0.2, -0.15) is 9.97 Å². The molecular weight excluding hydrogens is 311 g/mol. The van der Waals surface area contributed by atoms with E-state index in [0.29, 0.717) is 17.5 Å². The van der Waals surface area contributed by atoms with Gasteiger partial charge in [-0.3, -0.25) is 0 Å². The lowest BCUT2D eigenvalue weighted by atomic mass is 10.3. The number of hydrogen-bond acceptors (Lipinski definition) is 7. The highest BCUT2D eigenvalue weighted by Gasteiger charge is 2.22. The van der Waals surface area contributed by atoms with E-state index >= 15 is 0 Å². The maximum absolute atomic E-state index is 13.5. The Kier molecular flexibility index (Phi) is 4.66. The Morgan fingerprint density at radius 1 is 1.33 bits per heavy atom. The Morgan fingerprint density at radius 3 is 2.88 bits per heavy atom. The normalized spacial score (nSPS) is 17.1. The molecule has 1 aliphatic rings. The summed E-state index contributed by atoms with van der Waals surface area (Å²) < 4.78 is 18.5. The van der Waals surface area contributed by atoms with Crippen LogP contribution in [0.1, 0.15) is 6.42 Å². The molecule has 1 fully saturated rings. The monoisotopic (exact) mass is 332 g/mol. The number of likely N-dealkylation sites (N-methyl/N-ethyl adjacent to an activating group) is 1. The van der Waals surface area contributed by atoms with Crippen LogP contribution in [0.25, 0.3) is 0 Å². The van der Waals surface area contributed by atoms with Gasteiger partial charge in [0.1, 0.15) is 11.6 Å². The fraction of sp³-hybridized carbons (Fsp3) is 0.375. The van der Waals surface area contributed by atoms with Crippen LogP contribution in [0.4, 0.5) is 27.7 Å². The smallest absolute Gasteiger partial charge is 0.223 e. The van der Waals surface area contributed by atoms with E-state index in [9.17, 15) is 4.39 Å². The van der Waals surface area contributed by atoms with E-state index in [1.165, 1.54) is 13.2 Å². The Labute approximate surface area is 140 Å². The highest BCUT2D eigenvalue weighted by atomic mass is 19.1. The lowest BCUT2D eigenvalue weighted by molar-refractivity contribution is 0.387. The third-order valence-electron chi connectivity index (χ3n) is 4.07. The first-order chi connectivity index (χ1) is 11.6. The van der Waals surface area contributed by atoms with Crippen molar-refractivity contribution < 1.29 is 9.13 Å². The van der Waals surface area contributed by atoms with Crippen molar-refractivity contribution in [2.75, 3.05) is 43.2 Å². The van der Waals surface area contributed by atoms with Crippen LogP contribution >= 0.6 is 0 Å². The van der Waals surface area contributed by atoms with Crippen LogP contribution in [-0.2, 0) is 0 Å². The molecule has 0 unspecified atom stereocenters. The van der Waals surface area contributed by atoms with Crippen LogP contribution in [0.15, 0.2) is 24.3 Å². The molecule has 1 saturated heterocycles. The Balaban J connectivity index is 1.81. The summed E-state index contributed by atoms with van der Waals surface area (Å²) in [5, 5.41) is 6.38. The SMILES string of the molecule is CN[C@@H]1CCN(c2cc(Nc3ccc(F)c(OC)c3)nc(N)n2)C1. The zero-order valence-corrected chi connectivity index (χ0v) is 13.7. The van der Waals surface area contributed by atoms with Crippen molar-refractivity contribution in [1.82, 2.24) is 15.3 Å². The summed E-state index contributed by atoms with van der Waals surface area (Å²) in [6.07, 6.45) is 1.05. The molecule has 0 radical (unpaired) electrons. The molecule has 3 rings (SSSR count). The van der Waals surface area contributed by atoms with E-state index in [-0.39, 0.29) is 11.7 Å². The zero-order chi connectivity index (χ0) is 17.1. The third-order valence-corrected chi connectivity index (χ3v) is 4.07. The van der Waals surface area contributed by atoms with Gasteiger partial charge in [0.2, 0.25) is 5.95 Å². The van der Waals surface area contributed by atoms with Gasteiger partial charge in [0.15, 0.2) is 11.6 Å². The van der Waals surface area contributed by atoms with Crippen LogP contribution in [0.5, 0.6) is 5.75 Å². The first-order valence-corrected chi connectivity index (χ1v) is 7.76. The number of halogens is 1. The summed E-state index contributed by atoms with van der Waals surface area (Å²) in [6, 6.07) is 6.80. The zero-order valence-electron chi connectivity index (χ0n) is 13.7. The molecule has 2 heterocycles. The first kappa shape index (κ1) is 16.3. The number of hydrogen-bond donors (Lipinski definition) is 3. The van der Waals surface area contributed by atoms with Crippen molar-refractivity contribution in [3.63, 3.8) is 0 Å². The highest BCUT2D eigenvalue weighted by Crippen LogP contribution is 2.26.